The van der Waals surface area contributed by atoms with Gasteiger partial charge in [-0.15, -0.1) is 0 Å². The molecule has 0 aromatic heterocycles. The quantitative estimate of drug-likeness (QED) is 0.656. The Balaban J connectivity index is 3.31. The molecule has 0 aliphatic heterocycles. The molecule has 1 N–H and O–H groups in total. The fourth-order valence-corrected chi connectivity index (χ4v) is 0.732. The molecular formula is C9H19NO. The van der Waals surface area contributed by atoms with Crippen molar-refractivity contribution in [1.29, 1.82) is 0 Å². The van der Waals surface area contributed by atoms with Crippen LogP contribution < -0.4 is 5.32 Å². The van der Waals surface area contributed by atoms with E-state index in [1.165, 1.54) is 0 Å². The van der Waals surface area contributed by atoms with Gasteiger partial charge in [-0.25, -0.2) is 0 Å². The van der Waals surface area contributed by atoms with E-state index in [2.05, 4.69) is 19.2 Å². The van der Waals surface area contributed by atoms with Gasteiger partial charge in [0.05, 0.1) is 6.04 Å². The first-order chi connectivity index (χ1) is 5.04. The monoisotopic (exact) mass is 157 g/mol. The molecule has 0 aliphatic rings. The Kier molecular flexibility index (Phi) is 5.12. The van der Waals surface area contributed by atoms with E-state index in [0.29, 0.717) is 5.92 Å². The molecule has 0 rings (SSSR count). The van der Waals surface area contributed by atoms with Crippen molar-refractivity contribution in [3.63, 3.8) is 0 Å². The van der Waals surface area contributed by atoms with Crippen LogP contribution in [-0.2, 0) is 4.79 Å². The van der Waals surface area contributed by atoms with Crippen molar-refractivity contribution < 1.29 is 4.79 Å². The number of hydrogen-bond acceptors (Lipinski definition) is 2. The van der Waals surface area contributed by atoms with Gasteiger partial charge in [0.2, 0.25) is 0 Å². The Labute approximate surface area is 69.4 Å². The summed E-state index contributed by atoms with van der Waals surface area (Å²) in [6, 6.07) is 0.0220. The summed E-state index contributed by atoms with van der Waals surface area (Å²) in [5.74, 6) is 0.926. The Morgan fingerprint density at radius 1 is 1.36 bits per heavy atom. The standard InChI is InChI=1S/C9H19NO/c1-7(2)5-6-10-8(3)9(4)11/h7-8,10H,5-6H2,1-4H3. The molecule has 2 heteroatoms. The minimum absolute atomic E-state index is 0.0220. The number of carbonyl (C=O) groups is 1. The average molecular weight is 157 g/mol. The van der Waals surface area contributed by atoms with Crippen LogP contribution in [0.2, 0.25) is 0 Å². The predicted molar refractivity (Wildman–Crippen MR) is 47.6 cm³/mol. The zero-order chi connectivity index (χ0) is 8.85. The molecule has 11 heavy (non-hydrogen) atoms. The van der Waals surface area contributed by atoms with Gasteiger partial charge in [-0.2, -0.15) is 0 Å². The molecule has 1 atom stereocenters. The Morgan fingerprint density at radius 2 is 1.91 bits per heavy atom. The molecular weight excluding hydrogens is 138 g/mol. The fraction of sp³-hybridized carbons (Fsp3) is 0.889. The molecule has 0 spiro atoms. The molecule has 0 amide bonds. The Morgan fingerprint density at radius 3 is 2.27 bits per heavy atom. The number of Topliss-reactive ketones (excluding diaryl/α,β-unsaturated/α-hetero) is 1. The topological polar surface area (TPSA) is 29.1 Å². The second-order valence-electron chi connectivity index (χ2n) is 3.47. The molecule has 66 valence electrons. The summed E-state index contributed by atoms with van der Waals surface area (Å²) in [7, 11) is 0. The molecule has 0 aromatic rings. The fourth-order valence-electron chi connectivity index (χ4n) is 0.732. The van der Waals surface area contributed by atoms with Gasteiger partial charge in [0.1, 0.15) is 5.78 Å². The lowest BCUT2D eigenvalue weighted by molar-refractivity contribution is -0.118. The average Bonchev–Trinajstić information content (AvgIpc) is 1.86. The van der Waals surface area contributed by atoms with E-state index >= 15 is 0 Å². The van der Waals surface area contributed by atoms with Gasteiger partial charge in [0.15, 0.2) is 0 Å². The van der Waals surface area contributed by atoms with E-state index in [1.807, 2.05) is 6.92 Å². The maximum atomic E-state index is 10.8. The van der Waals surface area contributed by atoms with Gasteiger partial charge >= 0.3 is 0 Å². The normalized spacial score (nSPS) is 13.5. The minimum atomic E-state index is 0.0220. The van der Waals surface area contributed by atoms with Crippen LogP contribution in [0.15, 0.2) is 0 Å². The summed E-state index contributed by atoms with van der Waals surface area (Å²) in [5.41, 5.74) is 0. The van der Waals surface area contributed by atoms with Crippen LogP contribution in [0.3, 0.4) is 0 Å². The van der Waals surface area contributed by atoms with E-state index in [1.54, 1.807) is 6.92 Å². The van der Waals surface area contributed by atoms with Crippen LogP contribution in [0.4, 0.5) is 0 Å². The predicted octanol–water partition coefficient (Wildman–Crippen LogP) is 1.60. The second kappa shape index (κ2) is 5.30. The lowest BCUT2D eigenvalue weighted by Crippen LogP contribution is -2.33. The van der Waals surface area contributed by atoms with E-state index < -0.39 is 0 Å². The molecule has 0 heterocycles. The summed E-state index contributed by atoms with van der Waals surface area (Å²) in [6.07, 6.45) is 1.14. The maximum Gasteiger partial charge on any atom is 0.146 e. The third-order valence-electron chi connectivity index (χ3n) is 1.78. The lowest BCUT2D eigenvalue weighted by Gasteiger charge is -2.10. The molecule has 0 aromatic carbocycles. The first-order valence-electron chi connectivity index (χ1n) is 4.28. The van der Waals surface area contributed by atoms with Gasteiger partial charge in [-0.05, 0) is 32.7 Å². The molecule has 1 unspecified atom stereocenters. The Hall–Kier alpha value is -0.370. The van der Waals surface area contributed by atoms with Crippen LogP contribution in [0, 0.1) is 5.92 Å². The van der Waals surface area contributed by atoms with E-state index in [0.717, 1.165) is 13.0 Å². The van der Waals surface area contributed by atoms with Crippen LogP contribution in [0.5, 0.6) is 0 Å². The van der Waals surface area contributed by atoms with Crippen molar-refractivity contribution >= 4 is 5.78 Å². The van der Waals surface area contributed by atoms with Gasteiger partial charge < -0.3 is 5.32 Å². The van der Waals surface area contributed by atoms with Crippen molar-refractivity contribution in [3.8, 4) is 0 Å². The van der Waals surface area contributed by atoms with E-state index in [-0.39, 0.29) is 11.8 Å². The van der Waals surface area contributed by atoms with Crippen LogP contribution in [0.25, 0.3) is 0 Å². The summed E-state index contributed by atoms with van der Waals surface area (Å²) >= 11 is 0. The molecule has 0 aliphatic carbocycles. The highest BCUT2D eigenvalue weighted by Crippen LogP contribution is 1.97. The minimum Gasteiger partial charge on any atom is -0.308 e. The Bertz CT molecular complexity index is 121. The highest BCUT2D eigenvalue weighted by molar-refractivity contribution is 5.80. The zero-order valence-electron chi connectivity index (χ0n) is 7.98. The van der Waals surface area contributed by atoms with Crippen molar-refractivity contribution in [1.82, 2.24) is 5.32 Å². The molecule has 2 nitrogen and oxygen atoms in total. The molecule has 0 radical (unpaired) electrons. The molecule has 0 saturated heterocycles. The van der Waals surface area contributed by atoms with E-state index in [9.17, 15) is 4.79 Å². The van der Waals surface area contributed by atoms with Crippen LogP contribution in [0.1, 0.15) is 34.1 Å². The van der Waals surface area contributed by atoms with Gasteiger partial charge in [-0.3, -0.25) is 4.79 Å². The smallest absolute Gasteiger partial charge is 0.146 e. The number of rotatable bonds is 5. The highest BCUT2D eigenvalue weighted by Gasteiger charge is 2.05. The van der Waals surface area contributed by atoms with Gasteiger partial charge in [0, 0.05) is 0 Å². The second-order valence-corrected chi connectivity index (χ2v) is 3.47. The van der Waals surface area contributed by atoms with Crippen LogP contribution >= 0.6 is 0 Å². The van der Waals surface area contributed by atoms with Crippen molar-refractivity contribution in [3.05, 3.63) is 0 Å². The summed E-state index contributed by atoms with van der Waals surface area (Å²) in [5, 5.41) is 3.16. The molecule has 0 bridgehead atoms. The number of carbonyl (C=O) groups excluding carboxylic acids is 1. The zero-order valence-corrected chi connectivity index (χ0v) is 7.98. The number of hydrogen-bond donors (Lipinski definition) is 1. The van der Waals surface area contributed by atoms with Crippen molar-refractivity contribution in [2.45, 2.75) is 40.2 Å². The van der Waals surface area contributed by atoms with Crippen molar-refractivity contribution in [2.75, 3.05) is 6.54 Å². The first kappa shape index (κ1) is 10.6. The first-order valence-corrected chi connectivity index (χ1v) is 4.28. The van der Waals surface area contributed by atoms with E-state index in [4.69, 9.17) is 0 Å². The molecule has 0 saturated carbocycles. The largest absolute Gasteiger partial charge is 0.308 e. The SMILES string of the molecule is CC(=O)C(C)NCCC(C)C. The summed E-state index contributed by atoms with van der Waals surface area (Å²) in [4.78, 5) is 10.8. The van der Waals surface area contributed by atoms with Gasteiger partial charge in [0.25, 0.3) is 0 Å². The maximum absolute atomic E-state index is 10.8. The third-order valence-corrected chi connectivity index (χ3v) is 1.78. The lowest BCUT2D eigenvalue weighted by atomic mass is 10.1. The van der Waals surface area contributed by atoms with Crippen LogP contribution in [-0.4, -0.2) is 18.4 Å². The summed E-state index contributed by atoms with van der Waals surface area (Å²) < 4.78 is 0. The number of ketones is 1. The number of nitrogens with one attached hydrogen (secondary N) is 1. The van der Waals surface area contributed by atoms with Gasteiger partial charge in [-0.1, -0.05) is 13.8 Å². The molecule has 0 fully saturated rings. The van der Waals surface area contributed by atoms with Crippen molar-refractivity contribution in [2.24, 2.45) is 5.92 Å². The third kappa shape index (κ3) is 6.05. The highest BCUT2D eigenvalue weighted by atomic mass is 16.1. The summed E-state index contributed by atoms with van der Waals surface area (Å²) in [6.45, 7) is 8.83.